The molecule has 7 nitrogen and oxygen atoms in total. The number of ether oxygens (including phenoxy) is 4. The van der Waals surface area contributed by atoms with Gasteiger partial charge in [0.2, 0.25) is 0 Å². The van der Waals surface area contributed by atoms with Gasteiger partial charge in [0.25, 0.3) is 0 Å². The Labute approximate surface area is 222 Å². The number of benzene rings is 2. The lowest BCUT2D eigenvalue weighted by atomic mass is 9.88. The van der Waals surface area contributed by atoms with Gasteiger partial charge in [-0.05, 0) is 87.5 Å². The minimum Gasteiger partial charge on any atom is -0.491 e. The van der Waals surface area contributed by atoms with Crippen molar-refractivity contribution in [2.24, 2.45) is 0 Å². The molecule has 0 N–H and O–H groups in total. The van der Waals surface area contributed by atoms with Crippen molar-refractivity contribution in [2.45, 2.75) is 51.6 Å². The molecule has 1 fully saturated rings. The van der Waals surface area contributed by atoms with Crippen LogP contribution in [-0.2, 0) is 14.2 Å². The molecule has 37 heavy (non-hydrogen) atoms. The van der Waals surface area contributed by atoms with Crippen LogP contribution in [0.5, 0.6) is 5.75 Å². The van der Waals surface area contributed by atoms with Gasteiger partial charge in [0.15, 0.2) is 0 Å². The molecule has 0 aliphatic heterocycles. The zero-order chi connectivity index (χ0) is 26.8. The van der Waals surface area contributed by atoms with E-state index < -0.39 is 0 Å². The summed E-state index contributed by atoms with van der Waals surface area (Å²) in [4.78, 5) is 17.7. The van der Waals surface area contributed by atoms with Crippen LogP contribution < -0.4 is 9.64 Å². The maximum atomic E-state index is 12.8. The number of rotatable bonds is 13. The van der Waals surface area contributed by atoms with Crippen LogP contribution in [0.1, 0.15) is 48.5 Å². The number of carbonyl (C=O) groups is 1. The first-order valence-electron chi connectivity index (χ1n) is 13.3. The van der Waals surface area contributed by atoms with Crippen molar-refractivity contribution >= 4 is 11.7 Å². The van der Waals surface area contributed by atoms with Crippen LogP contribution in [0.3, 0.4) is 0 Å². The lowest BCUT2D eigenvalue weighted by molar-refractivity contribution is 0.0600. The van der Waals surface area contributed by atoms with Crippen molar-refractivity contribution in [1.29, 1.82) is 0 Å². The SMILES string of the molecule is CCN(c1cc(-c2ccc(OCCOC)cc2)cc(C(=O)OC)c1C)[C@H]1CC[C@H](N(C)CCOC)CC1. The summed E-state index contributed by atoms with van der Waals surface area (Å²) >= 11 is 0. The topological polar surface area (TPSA) is 60.5 Å². The van der Waals surface area contributed by atoms with Gasteiger partial charge in [0.05, 0.1) is 25.9 Å². The third-order valence-electron chi connectivity index (χ3n) is 7.56. The van der Waals surface area contributed by atoms with Gasteiger partial charge in [-0.2, -0.15) is 0 Å². The summed E-state index contributed by atoms with van der Waals surface area (Å²) in [5.74, 6) is 0.489. The standard InChI is InChI=1S/C30H44N2O5/c1-7-32(26-12-10-25(11-13-26)31(3)16-17-34-4)29-21-24(20-28(22(29)2)30(33)36-6)23-8-14-27(15-9-23)37-19-18-35-5/h8-9,14-15,20-21,25-26H,7,10-13,16-19H2,1-6H3/t25-,26-. The summed E-state index contributed by atoms with van der Waals surface area (Å²) < 4.78 is 21.2. The molecule has 0 amide bonds. The van der Waals surface area contributed by atoms with Crippen molar-refractivity contribution in [2.75, 3.05) is 66.2 Å². The van der Waals surface area contributed by atoms with Gasteiger partial charge in [0, 0.05) is 45.1 Å². The van der Waals surface area contributed by atoms with E-state index in [0.717, 1.165) is 73.5 Å². The molecule has 2 aromatic carbocycles. The second-order valence-electron chi connectivity index (χ2n) is 9.75. The van der Waals surface area contributed by atoms with E-state index >= 15 is 0 Å². The molecule has 0 aromatic heterocycles. The van der Waals surface area contributed by atoms with E-state index in [1.165, 1.54) is 7.11 Å². The van der Waals surface area contributed by atoms with Gasteiger partial charge in [-0.25, -0.2) is 4.79 Å². The van der Waals surface area contributed by atoms with E-state index in [1.807, 2.05) is 37.3 Å². The highest BCUT2D eigenvalue weighted by atomic mass is 16.5. The highest BCUT2D eigenvalue weighted by molar-refractivity contribution is 5.95. The summed E-state index contributed by atoms with van der Waals surface area (Å²) in [7, 11) is 7.06. The Morgan fingerprint density at radius 2 is 1.54 bits per heavy atom. The second-order valence-corrected chi connectivity index (χ2v) is 9.75. The second kappa shape index (κ2) is 14.4. The number of likely N-dealkylation sites (N-methyl/N-ethyl adjacent to an activating group) is 1. The zero-order valence-electron chi connectivity index (χ0n) is 23.4. The molecular weight excluding hydrogens is 468 g/mol. The summed E-state index contributed by atoms with van der Waals surface area (Å²) in [6.45, 7) is 7.89. The summed E-state index contributed by atoms with van der Waals surface area (Å²) in [6, 6.07) is 13.2. The number of esters is 1. The Kier molecular flexibility index (Phi) is 11.2. The average molecular weight is 513 g/mol. The first-order valence-corrected chi connectivity index (χ1v) is 13.3. The van der Waals surface area contributed by atoms with Crippen LogP contribution in [0, 0.1) is 6.92 Å². The fourth-order valence-corrected chi connectivity index (χ4v) is 5.33. The molecule has 0 heterocycles. The molecular formula is C30H44N2O5. The maximum absolute atomic E-state index is 12.8. The fourth-order valence-electron chi connectivity index (χ4n) is 5.33. The molecule has 3 rings (SSSR count). The molecule has 2 aromatic rings. The van der Waals surface area contributed by atoms with E-state index in [-0.39, 0.29) is 5.97 Å². The van der Waals surface area contributed by atoms with E-state index in [0.29, 0.717) is 30.9 Å². The number of anilines is 1. The Morgan fingerprint density at radius 1 is 0.892 bits per heavy atom. The third-order valence-corrected chi connectivity index (χ3v) is 7.56. The first kappa shape index (κ1) is 29.0. The number of nitrogens with zero attached hydrogens (tertiary/aromatic N) is 2. The molecule has 1 saturated carbocycles. The van der Waals surface area contributed by atoms with E-state index in [9.17, 15) is 4.79 Å². The molecule has 0 radical (unpaired) electrons. The average Bonchev–Trinajstić information content (AvgIpc) is 2.93. The van der Waals surface area contributed by atoms with Crippen molar-refractivity contribution in [1.82, 2.24) is 4.90 Å². The van der Waals surface area contributed by atoms with Gasteiger partial charge < -0.3 is 28.7 Å². The van der Waals surface area contributed by atoms with Crippen molar-refractivity contribution in [3.05, 3.63) is 47.5 Å². The highest BCUT2D eigenvalue weighted by Gasteiger charge is 2.29. The molecule has 0 atom stereocenters. The molecule has 0 saturated heterocycles. The number of methoxy groups -OCH3 is 3. The Hall–Kier alpha value is -2.61. The largest absolute Gasteiger partial charge is 0.491 e. The lowest BCUT2D eigenvalue weighted by Crippen LogP contribution is -2.44. The van der Waals surface area contributed by atoms with Gasteiger partial charge in [-0.15, -0.1) is 0 Å². The Morgan fingerprint density at radius 3 is 2.14 bits per heavy atom. The monoisotopic (exact) mass is 512 g/mol. The molecule has 0 bridgehead atoms. The van der Waals surface area contributed by atoms with Gasteiger partial charge in [-0.1, -0.05) is 12.1 Å². The summed E-state index contributed by atoms with van der Waals surface area (Å²) in [5, 5.41) is 0. The van der Waals surface area contributed by atoms with Crippen LogP contribution in [0.2, 0.25) is 0 Å². The van der Waals surface area contributed by atoms with Gasteiger partial charge in [-0.3, -0.25) is 0 Å². The van der Waals surface area contributed by atoms with E-state index in [2.05, 4.69) is 29.8 Å². The molecule has 1 aliphatic rings. The van der Waals surface area contributed by atoms with Crippen LogP contribution in [0.15, 0.2) is 36.4 Å². The Balaban J connectivity index is 1.86. The van der Waals surface area contributed by atoms with E-state index in [4.69, 9.17) is 18.9 Å². The molecule has 7 heteroatoms. The van der Waals surface area contributed by atoms with Crippen molar-refractivity contribution in [3.8, 4) is 16.9 Å². The van der Waals surface area contributed by atoms with Gasteiger partial charge in [0.1, 0.15) is 12.4 Å². The molecule has 204 valence electrons. The van der Waals surface area contributed by atoms with E-state index in [1.54, 1.807) is 14.2 Å². The summed E-state index contributed by atoms with van der Waals surface area (Å²) in [6.07, 6.45) is 4.57. The predicted octanol–water partition coefficient (Wildman–Crippen LogP) is 5.19. The zero-order valence-corrected chi connectivity index (χ0v) is 23.4. The van der Waals surface area contributed by atoms with Crippen LogP contribution in [-0.4, -0.2) is 84.2 Å². The smallest absolute Gasteiger partial charge is 0.338 e. The van der Waals surface area contributed by atoms with Crippen LogP contribution in [0.4, 0.5) is 5.69 Å². The normalized spacial score (nSPS) is 17.6. The minimum atomic E-state index is -0.306. The van der Waals surface area contributed by atoms with Crippen molar-refractivity contribution < 1.29 is 23.7 Å². The van der Waals surface area contributed by atoms with Crippen molar-refractivity contribution in [3.63, 3.8) is 0 Å². The highest BCUT2D eigenvalue weighted by Crippen LogP contribution is 2.36. The third kappa shape index (κ3) is 7.46. The Bertz CT molecular complexity index is 986. The summed E-state index contributed by atoms with van der Waals surface area (Å²) in [5.41, 5.74) is 4.72. The maximum Gasteiger partial charge on any atom is 0.338 e. The molecule has 0 spiro atoms. The minimum absolute atomic E-state index is 0.306. The van der Waals surface area contributed by atoms with Crippen LogP contribution in [0.25, 0.3) is 11.1 Å². The number of hydrogen-bond donors (Lipinski definition) is 0. The lowest BCUT2D eigenvalue weighted by Gasteiger charge is -2.41. The molecule has 1 aliphatic carbocycles. The first-order chi connectivity index (χ1) is 17.9. The fraction of sp³-hybridized carbons (Fsp3) is 0.567. The van der Waals surface area contributed by atoms with Gasteiger partial charge >= 0.3 is 5.97 Å². The molecule has 0 unspecified atom stereocenters. The number of carbonyl (C=O) groups excluding carboxylic acids is 1. The quantitative estimate of drug-likeness (QED) is 0.270. The number of hydrogen-bond acceptors (Lipinski definition) is 7. The van der Waals surface area contributed by atoms with Crippen LogP contribution >= 0.6 is 0 Å². The predicted molar refractivity (Wildman–Crippen MR) is 149 cm³/mol.